The summed E-state index contributed by atoms with van der Waals surface area (Å²) in [6, 6.07) is 14.4. The lowest BCUT2D eigenvalue weighted by Crippen LogP contribution is -2.32. The Balaban J connectivity index is 1.57. The van der Waals surface area contributed by atoms with Crippen molar-refractivity contribution < 1.29 is 19.1 Å². The van der Waals surface area contributed by atoms with E-state index in [0.717, 1.165) is 16.0 Å². The van der Waals surface area contributed by atoms with Crippen LogP contribution in [-0.2, 0) is 9.53 Å². The fourth-order valence-corrected chi connectivity index (χ4v) is 2.81. The molecule has 0 aliphatic carbocycles. The number of fused-ring (bicyclic) bond motifs is 1. The molecule has 0 radical (unpaired) electrons. The maximum Gasteiger partial charge on any atom is 0.308 e. The highest BCUT2D eigenvalue weighted by molar-refractivity contribution is 6.21. The van der Waals surface area contributed by atoms with Crippen LogP contribution >= 0.6 is 0 Å². The van der Waals surface area contributed by atoms with Gasteiger partial charge in [0.1, 0.15) is 6.10 Å². The summed E-state index contributed by atoms with van der Waals surface area (Å²) in [5.74, 6) is -1.16. The van der Waals surface area contributed by atoms with E-state index < -0.39 is 5.97 Å². The Morgan fingerprint density at radius 3 is 2.12 bits per heavy atom. The molecule has 0 unspecified atom stereocenters. The largest absolute Gasteiger partial charge is 0.458 e. The van der Waals surface area contributed by atoms with E-state index in [0.29, 0.717) is 11.1 Å². The summed E-state index contributed by atoms with van der Waals surface area (Å²) in [4.78, 5) is 37.7. The van der Waals surface area contributed by atoms with Crippen LogP contribution in [0.3, 0.4) is 0 Å². The third-order valence-corrected chi connectivity index (χ3v) is 4.27. The topological polar surface area (TPSA) is 63.7 Å². The molecule has 2 aromatic rings. The maximum absolute atomic E-state index is 12.2. The molecule has 0 bridgehead atoms. The first kappa shape index (κ1) is 16.9. The number of hydrogen-bond acceptors (Lipinski definition) is 4. The molecule has 2 aromatic carbocycles. The molecule has 0 saturated heterocycles. The van der Waals surface area contributed by atoms with Crippen LogP contribution in [-0.4, -0.2) is 29.2 Å². The first-order valence-corrected chi connectivity index (χ1v) is 8.18. The third-order valence-electron chi connectivity index (χ3n) is 4.27. The molecule has 3 rings (SSSR count). The van der Waals surface area contributed by atoms with E-state index >= 15 is 0 Å². The van der Waals surface area contributed by atoms with E-state index in [1.165, 1.54) is 0 Å². The Morgan fingerprint density at radius 1 is 1.00 bits per heavy atom. The van der Waals surface area contributed by atoms with Gasteiger partial charge in [-0.3, -0.25) is 19.3 Å². The van der Waals surface area contributed by atoms with Crippen LogP contribution in [0.1, 0.15) is 51.3 Å². The quantitative estimate of drug-likeness (QED) is 0.620. The van der Waals surface area contributed by atoms with E-state index in [1.807, 2.05) is 31.2 Å². The number of esters is 1. The van der Waals surface area contributed by atoms with Crippen molar-refractivity contribution in [1.82, 2.24) is 4.90 Å². The molecule has 0 aromatic heterocycles. The van der Waals surface area contributed by atoms with Gasteiger partial charge in [0.15, 0.2) is 0 Å². The zero-order valence-corrected chi connectivity index (χ0v) is 14.2. The Morgan fingerprint density at radius 2 is 1.56 bits per heavy atom. The molecule has 1 atom stereocenters. The Hall–Kier alpha value is -2.95. The number of ether oxygens (including phenoxy) is 1. The number of amides is 2. The van der Waals surface area contributed by atoms with Crippen LogP contribution in [0.25, 0.3) is 0 Å². The van der Waals surface area contributed by atoms with Crippen LogP contribution in [0, 0.1) is 6.92 Å². The van der Waals surface area contributed by atoms with Crippen LogP contribution in [0.5, 0.6) is 0 Å². The predicted octanol–water partition coefficient (Wildman–Crippen LogP) is 3.29. The second kappa shape index (κ2) is 6.89. The Labute approximate surface area is 146 Å². The maximum atomic E-state index is 12.2. The van der Waals surface area contributed by atoms with E-state index in [4.69, 9.17) is 4.74 Å². The average Bonchev–Trinajstić information content (AvgIpc) is 2.85. The van der Waals surface area contributed by atoms with Gasteiger partial charge in [-0.25, -0.2) is 0 Å². The predicted molar refractivity (Wildman–Crippen MR) is 92.1 cm³/mol. The van der Waals surface area contributed by atoms with Gasteiger partial charge in [0, 0.05) is 6.54 Å². The van der Waals surface area contributed by atoms with Gasteiger partial charge in [0.05, 0.1) is 17.5 Å². The molecule has 128 valence electrons. The van der Waals surface area contributed by atoms with Crippen LogP contribution in [0.4, 0.5) is 0 Å². The first-order chi connectivity index (χ1) is 12.0. The molecule has 0 spiro atoms. The highest BCUT2D eigenvalue weighted by Crippen LogP contribution is 2.23. The SMILES string of the molecule is Cc1ccc([C@H](C)OC(=O)CCN2C(=O)c3ccccc3C2=O)cc1. The van der Waals surface area contributed by atoms with Crippen molar-refractivity contribution in [2.24, 2.45) is 0 Å². The van der Waals surface area contributed by atoms with Gasteiger partial charge in [0.25, 0.3) is 11.8 Å². The van der Waals surface area contributed by atoms with Gasteiger partial charge in [-0.15, -0.1) is 0 Å². The summed E-state index contributed by atoms with van der Waals surface area (Å²) in [6.45, 7) is 3.80. The van der Waals surface area contributed by atoms with E-state index in [9.17, 15) is 14.4 Å². The van der Waals surface area contributed by atoms with Crippen molar-refractivity contribution in [3.05, 3.63) is 70.8 Å². The number of imide groups is 1. The monoisotopic (exact) mass is 337 g/mol. The highest BCUT2D eigenvalue weighted by atomic mass is 16.5. The highest BCUT2D eigenvalue weighted by Gasteiger charge is 2.35. The van der Waals surface area contributed by atoms with Gasteiger partial charge in [0.2, 0.25) is 0 Å². The van der Waals surface area contributed by atoms with Crippen molar-refractivity contribution in [2.45, 2.75) is 26.4 Å². The molecule has 5 nitrogen and oxygen atoms in total. The lowest BCUT2D eigenvalue weighted by Gasteiger charge is -2.16. The van der Waals surface area contributed by atoms with Crippen molar-refractivity contribution in [3.63, 3.8) is 0 Å². The number of carbonyl (C=O) groups is 3. The Kier molecular flexibility index (Phi) is 4.65. The summed E-state index contributed by atoms with van der Waals surface area (Å²) in [5.41, 5.74) is 2.80. The van der Waals surface area contributed by atoms with Crippen molar-refractivity contribution >= 4 is 17.8 Å². The van der Waals surface area contributed by atoms with Gasteiger partial charge < -0.3 is 4.74 Å². The molecule has 1 heterocycles. The van der Waals surface area contributed by atoms with Crippen LogP contribution in [0.15, 0.2) is 48.5 Å². The molecule has 5 heteroatoms. The average molecular weight is 337 g/mol. The zero-order valence-electron chi connectivity index (χ0n) is 14.2. The summed E-state index contributed by atoms with van der Waals surface area (Å²) in [7, 11) is 0. The second-order valence-electron chi connectivity index (χ2n) is 6.10. The zero-order chi connectivity index (χ0) is 18.0. The minimum absolute atomic E-state index is 0.0196. The van der Waals surface area contributed by atoms with E-state index in [2.05, 4.69) is 0 Å². The van der Waals surface area contributed by atoms with Crippen LogP contribution < -0.4 is 0 Å². The number of aryl methyl sites for hydroxylation is 1. The number of benzene rings is 2. The molecular formula is C20H19NO4. The van der Waals surface area contributed by atoms with E-state index in [1.54, 1.807) is 31.2 Å². The van der Waals surface area contributed by atoms with Crippen molar-refractivity contribution in [3.8, 4) is 0 Å². The first-order valence-electron chi connectivity index (χ1n) is 8.18. The fraction of sp³-hybridized carbons (Fsp3) is 0.250. The van der Waals surface area contributed by atoms with Gasteiger partial charge >= 0.3 is 5.97 Å². The third kappa shape index (κ3) is 3.45. The molecule has 2 amide bonds. The normalized spacial score (nSPS) is 14.4. The number of carbonyl (C=O) groups excluding carboxylic acids is 3. The van der Waals surface area contributed by atoms with E-state index in [-0.39, 0.29) is 30.9 Å². The van der Waals surface area contributed by atoms with Gasteiger partial charge in [-0.1, -0.05) is 42.0 Å². The lowest BCUT2D eigenvalue weighted by molar-refractivity contribution is -0.148. The summed E-state index contributed by atoms with van der Waals surface area (Å²) in [6.07, 6.45) is -0.405. The minimum atomic E-state index is -0.440. The minimum Gasteiger partial charge on any atom is -0.458 e. The second-order valence-corrected chi connectivity index (χ2v) is 6.10. The lowest BCUT2D eigenvalue weighted by atomic mass is 10.1. The van der Waals surface area contributed by atoms with Gasteiger partial charge in [-0.05, 0) is 31.5 Å². The van der Waals surface area contributed by atoms with Gasteiger partial charge in [-0.2, -0.15) is 0 Å². The molecule has 1 aliphatic heterocycles. The summed E-state index contributed by atoms with van der Waals surface area (Å²) in [5, 5.41) is 0. The number of nitrogens with zero attached hydrogens (tertiary/aromatic N) is 1. The summed E-state index contributed by atoms with van der Waals surface area (Å²) >= 11 is 0. The van der Waals surface area contributed by atoms with Crippen LogP contribution in [0.2, 0.25) is 0 Å². The Bertz CT molecular complexity index is 791. The molecule has 0 saturated carbocycles. The number of rotatable bonds is 5. The standard InChI is InChI=1S/C20H19NO4/c1-13-7-9-15(10-8-13)14(2)25-18(22)11-12-21-19(23)16-5-3-4-6-17(16)20(21)24/h3-10,14H,11-12H2,1-2H3/t14-/m0/s1. The van der Waals surface area contributed by atoms with Crippen molar-refractivity contribution in [2.75, 3.05) is 6.54 Å². The summed E-state index contributed by atoms with van der Waals surface area (Å²) < 4.78 is 5.40. The molecule has 0 N–H and O–H groups in total. The molecule has 1 aliphatic rings. The number of hydrogen-bond donors (Lipinski definition) is 0. The molecular weight excluding hydrogens is 318 g/mol. The molecule has 25 heavy (non-hydrogen) atoms. The fourth-order valence-electron chi connectivity index (χ4n) is 2.81. The molecule has 0 fully saturated rings. The smallest absolute Gasteiger partial charge is 0.308 e. The van der Waals surface area contributed by atoms with Crippen molar-refractivity contribution in [1.29, 1.82) is 0 Å².